The van der Waals surface area contributed by atoms with Gasteiger partial charge in [-0.2, -0.15) is 0 Å². The molecule has 0 aromatic carbocycles. The lowest BCUT2D eigenvalue weighted by Gasteiger charge is -2.13. The lowest BCUT2D eigenvalue weighted by Crippen LogP contribution is -2.24. The van der Waals surface area contributed by atoms with Crippen molar-refractivity contribution >= 4 is 5.97 Å². The zero-order valence-corrected chi connectivity index (χ0v) is 6.63. The molecule has 0 amide bonds. The van der Waals surface area contributed by atoms with E-state index in [-0.39, 0.29) is 6.10 Å². The van der Waals surface area contributed by atoms with Crippen LogP contribution in [-0.2, 0) is 9.53 Å². The third-order valence-corrected chi connectivity index (χ3v) is 1.36. The second kappa shape index (κ2) is 4.28. The Morgan fingerprint density at radius 1 is 1.60 bits per heavy atom. The molecule has 0 radical (unpaired) electrons. The molecule has 0 aromatic rings. The van der Waals surface area contributed by atoms with Crippen LogP contribution in [0.1, 0.15) is 27.2 Å². The van der Waals surface area contributed by atoms with Crippen molar-refractivity contribution in [3.05, 3.63) is 0 Å². The third kappa shape index (κ3) is 3.45. The fourth-order valence-electron chi connectivity index (χ4n) is 0.503. The Hall–Kier alpha value is -0.570. The molecule has 0 aliphatic heterocycles. The normalized spacial score (nSPS) is 16.3. The van der Waals surface area contributed by atoms with E-state index in [1.165, 1.54) is 6.92 Å². The molecule has 0 rings (SSSR count). The lowest BCUT2D eigenvalue weighted by atomic mass is 10.3. The minimum absolute atomic E-state index is 0.0334. The van der Waals surface area contributed by atoms with Gasteiger partial charge in [-0.1, -0.05) is 6.92 Å². The quantitative estimate of drug-likeness (QED) is 0.649. The van der Waals surface area contributed by atoms with Gasteiger partial charge in [-0.25, -0.2) is 4.79 Å². The number of rotatable bonds is 4. The number of hydrogen-bond donors (Lipinski definition) is 1. The highest BCUT2D eigenvalue weighted by Crippen LogP contribution is 2.00. The summed E-state index contributed by atoms with van der Waals surface area (Å²) in [6.07, 6.45) is 0.193. The van der Waals surface area contributed by atoms with Crippen molar-refractivity contribution in [1.29, 1.82) is 0 Å². The van der Waals surface area contributed by atoms with E-state index in [2.05, 4.69) is 0 Å². The summed E-state index contributed by atoms with van der Waals surface area (Å²) in [5.74, 6) is -0.902. The van der Waals surface area contributed by atoms with E-state index in [0.29, 0.717) is 0 Å². The maximum atomic E-state index is 10.2. The Kier molecular flexibility index (Phi) is 4.03. The van der Waals surface area contributed by atoms with Gasteiger partial charge in [0.2, 0.25) is 0 Å². The molecular weight excluding hydrogens is 132 g/mol. The number of ether oxygens (including phenoxy) is 1. The highest BCUT2D eigenvalue weighted by Gasteiger charge is 2.13. The second-order valence-electron chi connectivity index (χ2n) is 2.34. The van der Waals surface area contributed by atoms with Gasteiger partial charge in [0.15, 0.2) is 6.10 Å². The van der Waals surface area contributed by atoms with Gasteiger partial charge in [0.05, 0.1) is 6.10 Å². The first-order valence-corrected chi connectivity index (χ1v) is 3.46. The summed E-state index contributed by atoms with van der Waals surface area (Å²) < 4.78 is 5.06. The van der Waals surface area contributed by atoms with E-state index in [1.54, 1.807) is 0 Å². The molecule has 0 aliphatic rings. The largest absolute Gasteiger partial charge is 0.479 e. The van der Waals surface area contributed by atoms with Crippen LogP contribution in [0.5, 0.6) is 0 Å². The number of carbonyl (C=O) groups is 1. The van der Waals surface area contributed by atoms with Crippen LogP contribution >= 0.6 is 0 Å². The summed E-state index contributed by atoms with van der Waals surface area (Å²) in [4.78, 5) is 10.2. The van der Waals surface area contributed by atoms with Crippen LogP contribution in [0.15, 0.2) is 0 Å². The molecule has 0 saturated carbocycles. The average Bonchev–Trinajstić information content (AvgIpc) is 1.87. The van der Waals surface area contributed by atoms with Crippen LogP contribution in [0, 0.1) is 0 Å². The van der Waals surface area contributed by atoms with E-state index in [4.69, 9.17) is 9.84 Å². The zero-order valence-electron chi connectivity index (χ0n) is 6.63. The van der Waals surface area contributed by atoms with Crippen LogP contribution in [-0.4, -0.2) is 23.3 Å². The molecule has 3 heteroatoms. The lowest BCUT2D eigenvalue weighted by molar-refractivity contribution is -0.152. The summed E-state index contributed by atoms with van der Waals surface area (Å²) in [5, 5.41) is 8.40. The first kappa shape index (κ1) is 9.43. The molecule has 2 atom stereocenters. The average molecular weight is 146 g/mol. The van der Waals surface area contributed by atoms with E-state index in [0.717, 1.165) is 6.42 Å². The predicted octanol–water partition coefficient (Wildman–Crippen LogP) is 1.27. The zero-order chi connectivity index (χ0) is 8.15. The molecule has 1 N–H and O–H groups in total. The molecule has 0 fully saturated rings. The molecule has 0 bridgehead atoms. The molecule has 0 heterocycles. The van der Waals surface area contributed by atoms with E-state index in [1.807, 2.05) is 13.8 Å². The molecule has 60 valence electrons. The molecule has 0 saturated heterocycles. The second-order valence-corrected chi connectivity index (χ2v) is 2.34. The smallest absolute Gasteiger partial charge is 0.332 e. The van der Waals surface area contributed by atoms with Crippen molar-refractivity contribution < 1.29 is 14.6 Å². The topological polar surface area (TPSA) is 46.5 Å². The van der Waals surface area contributed by atoms with Gasteiger partial charge in [0.1, 0.15) is 0 Å². The molecule has 0 aliphatic carbocycles. The molecule has 10 heavy (non-hydrogen) atoms. The number of hydrogen-bond acceptors (Lipinski definition) is 2. The van der Waals surface area contributed by atoms with Gasteiger partial charge >= 0.3 is 5.97 Å². The maximum absolute atomic E-state index is 10.2. The van der Waals surface area contributed by atoms with Crippen molar-refractivity contribution in [2.75, 3.05) is 0 Å². The Balaban J connectivity index is 3.56. The van der Waals surface area contributed by atoms with Crippen molar-refractivity contribution in [3.8, 4) is 0 Å². The molecule has 0 aromatic heterocycles. The molecule has 0 spiro atoms. The van der Waals surface area contributed by atoms with Crippen molar-refractivity contribution in [3.63, 3.8) is 0 Å². The molecular formula is C7H14O3. The van der Waals surface area contributed by atoms with Crippen molar-refractivity contribution in [1.82, 2.24) is 0 Å². The van der Waals surface area contributed by atoms with Gasteiger partial charge in [-0.05, 0) is 20.3 Å². The standard InChI is InChI=1S/C7H14O3/c1-4-5(2)10-6(3)7(8)9/h5-6H,4H2,1-3H3,(H,8,9). The molecule has 2 unspecified atom stereocenters. The first-order valence-electron chi connectivity index (χ1n) is 3.46. The Bertz CT molecular complexity index is 111. The molecule has 3 nitrogen and oxygen atoms in total. The summed E-state index contributed by atoms with van der Waals surface area (Å²) in [6, 6.07) is 0. The van der Waals surface area contributed by atoms with E-state index < -0.39 is 12.1 Å². The fourth-order valence-corrected chi connectivity index (χ4v) is 0.503. The van der Waals surface area contributed by atoms with E-state index in [9.17, 15) is 4.79 Å². The third-order valence-electron chi connectivity index (χ3n) is 1.36. The minimum atomic E-state index is -0.902. The Morgan fingerprint density at radius 3 is 2.40 bits per heavy atom. The number of carboxylic acids is 1. The highest BCUT2D eigenvalue weighted by atomic mass is 16.5. The van der Waals surface area contributed by atoms with Gasteiger partial charge in [0.25, 0.3) is 0 Å². The Labute approximate surface area is 61.0 Å². The Morgan fingerprint density at radius 2 is 2.10 bits per heavy atom. The fraction of sp³-hybridized carbons (Fsp3) is 0.857. The van der Waals surface area contributed by atoms with Crippen LogP contribution in [0.3, 0.4) is 0 Å². The van der Waals surface area contributed by atoms with Crippen LogP contribution in [0.4, 0.5) is 0 Å². The predicted molar refractivity (Wildman–Crippen MR) is 37.9 cm³/mol. The SMILES string of the molecule is CCC(C)OC(C)C(=O)O. The van der Waals surface area contributed by atoms with Crippen LogP contribution in [0.25, 0.3) is 0 Å². The highest BCUT2D eigenvalue weighted by molar-refractivity contribution is 5.71. The first-order chi connectivity index (χ1) is 4.57. The summed E-state index contributed by atoms with van der Waals surface area (Å²) in [6.45, 7) is 5.35. The van der Waals surface area contributed by atoms with Crippen LogP contribution < -0.4 is 0 Å². The van der Waals surface area contributed by atoms with Gasteiger partial charge < -0.3 is 9.84 Å². The monoisotopic (exact) mass is 146 g/mol. The maximum Gasteiger partial charge on any atom is 0.332 e. The van der Waals surface area contributed by atoms with Crippen LogP contribution in [0.2, 0.25) is 0 Å². The van der Waals surface area contributed by atoms with Gasteiger partial charge in [-0.15, -0.1) is 0 Å². The van der Waals surface area contributed by atoms with E-state index >= 15 is 0 Å². The summed E-state index contributed by atoms with van der Waals surface area (Å²) in [5.41, 5.74) is 0. The van der Waals surface area contributed by atoms with Crippen molar-refractivity contribution in [2.24, 2.45) is 0 Å². The number of carboxylic acid groups (broad SMARTS) is 1. The summed E-state index contributed by atoms with van der Waals surface area (Å²) >= 11 is 0. The van der Waals surface area contributed by atoms with Crippen molar-refractivity contribution in [2.45, 2.75) is 39.4 Å². The summed E-state index contributed by atoms with van der Waals surface area (Å²) in [7, 11) is 0. The van der Waals surface area contributed by atoms with Gasteiger partial charge in [-0.3, -0.25) is 0 Å². The number of aliphatic carboxylic acids is 1. The minimum Gasteiger partial charge on any atom is -0.479 e. The van der Waals surface area contributed by atoms with Gasteiger partial charge in [0, 0.05) is 0 Å².